The van der Waals surface area contributed by atoms with E-state index in [1.54, 1.807) is 14.0 Å². The second-order valence-corrected chi connectivity index (χ2v) is 6.01. The lowest BCUT2D eigenvalue weighted by Gasteiger charge is -2.08. The maximum absolute atomic E-state index is 13.8. The Morgan fingerprint density at radius 3 is 2.57 bits per heavy atom. The average molecular weight is 313 g/mol. The number of rotatable bonds is 4. The summed E-state index contributed by atoms with van der Waals surface area (Å²) in [6, 6.07) is 2.59. The fraction of sp³-hybridized carbons (Fsp3) is 0.167. The molecule has 0 saturated heterocycles. The van der Waals surface area contributed by atoms with Crippen LogP contribution >= 0.6 is 0 Å². The first-order valence-electron chi connectivity index (χ1n) is 5.76. The molecule has 0 spiro atoms. The number of aromatic nitrogens is 2. The Labute approximate surface area is 120 Å². The van der Waals surface area contributed by atoms with E-state index in [1.165, 1.54) is 10.9 Å². The number of benzene rings is 1. The van der Waals surface area contributed by atoms with Gasteiger partial charge in [-0.2, -0.15) is 5.10 Å². The highest BCUT2D eigenvalue weighted by Gasteiger charge is 2.22. The van der Waals surface area contributed by atoms with Gasteiger partial charge in [-0.15, -0.1) is 0 Å². The minimum atomic E-state index is -4.17. The lowest BCUT2D eigenvalue weighted by atomic mass is 10.2. The van der Waals surface area contributed by atoms with E-state index in [-0.39, 0.29) is 11.3 Å². The van der Waals surface area contributed by atoms with Crippen LogP contribution in [0.3, 0.4) is 0 Å². The number of aromatic carboxylic acids is 1. The Morgan fingerprint density at radius 1 is 1.43 bits per heavy atom. The summed E-state index contributed by atoms with van der Waals surface area (Å²) in [5.74, 6) is -2.47. The second kappa shape index (κ2) is 5.17. The van der Waals surface area contributed by atoms with E-state index in [9.17, 15) is 17.6 Å². The third kappa shape index (κ3) is 3.02. The molecule has 0 atom stereocenters. The van der Waals surface area contributed by atoms with Crippen molar-refractivity contribution in [1.29, 1.82) is 0 Å². The third-order valence-corrected chi connectivity index (χ3v) is 4.12. The minimum absolute atomic E-state index is 0.221. The van der Waals surface area contributed by atoms with Gasteiger partial charge in [-0.25, -0.2) is 17.6 Å². The monoisotopic (exact) mass is 313 g/mol. The smallest absolute Gasteiger partial charge is 0.335 e. The number of carbonyl (C=O) groups is 1. The Morgan fingerprint density at radius 2 is 2.10 bits per heavy atom. The van der Waals surface area contributed by atoms with Crippen molar-refractivity contribution in [3.05, 3.63) is 41.5 Å². The second-order valence-electron chi connectivity index (χ2n) is 4.36. The zero-order valence-electron chi connectivity index (χ0n) is 11.2. The van der Waals surface area contributed by atoms with E-state index < -0.39 is 26.7 Å². The fourth-order valence-electron chi connectivity index (χ4n) is 1.75. The molecule has 0 fully saturated rings. The van der Waals surface area contributed by atoms with Gasteiger partial charge in [0.1, 0.15) is 10.7 Å². The SMILES string of the molecule is Cc1nn(C)cc1NS(=O)(=O)c1ccc(C(=O)O)cc1F. The highest BCUT2D eigenvalue weighted by Crippen LogP contribution is 2.21. The van der Waals surface area contributed by atoms with Crippen LogP contribution in [-0.2, 0) is 17.1 Å². The van der Waals surface area contributed by atoms with E-state index in [0.29, 0.717) is 11.8 Å². The number of sulfonamides is 1. The molecule has 0 amide bonds. The Hall–Kier alpha value is -2.42. The summed E-state index contributed by atoms with van der Waals surface area (Å²) >= 11 is 0. The zero-order valence-corrected chi connectivity index (χ0v) is 12.0. The van der Waals surface area contributed by atoms with Crippen molar-refractivity contribution in [2.24, 2.45) is 7.05 Å². The van der Waals surface area contributed by atoms with Crippen LogP contribution in [-0.4, -0.2) is 29.3 Å². The van der Waals surface area contributed by atoms with Crippen LogP contribution in [0, 0.1) is 12.7 Å². The molecule has 0 unspecified atom stereocenters. The summed E-state index contributed by atoms with van der Waals surface area (Å²) in [6.07, 6.45) is 1.44. The highest BCUT2D eigenvalue weighted by atomic mass is 32.2. The van der Waals surface area contributed by atoms with Crippen molar-refractivity contribution < 1.29 is 22.7 Å². The van der Waals surface area contributed by atoms with Crippen molar-refractivity contribution in [3.63, 3.8) is 0 Å². The molecular weight excluding hydrogens is 301 g/mol. The number of nitrogens with one attached hydrogen (secondary N) is 1. The van der Waals surface area contributed by atoms with Gasteiger partial charge < -0.3 is 5.11 Å². The van der Waals surface area contributed by atoms with E-state index in [0.717, 1.165) is 12.1 Å². The Balaban J connectivity index is 2.40. The zero-order chi connectivity index (χ0) is 15.8. The first kappa shape index (κ1) is 15.0. The van der Waals surface area contributed by atoms with Crippen LogP contribution in [0.25, 0.3) is 0 Å². The van der Waals surface area contributed by atoms with Gasteiger partial charge in [0, 0.05) is 13.2 Å². The fourth-order valence-corrected chi connectivity index (χ4v) is 2.91. The van der Waals surface area contributed by atoms with Crippen molar-refractivity contribution in [3.8, 4) is 0 Å². The number of aryl methyl sites for hydroxylation is 2. The maximum atomic E-state index is 13.8. The number of hydrogen-bond donors (Lipinski definition) is 2. The summed E-state index contributed by atoms with van der Waals surface area (Å²) in [7, 11) is -2.55. The van der Waals surface area contributed by atoms with Crippen molar-refractivity contribution in [1.82, 2.24) is 9.78 Å². The number of anilines is 1. The van der Waals surface area contributed by atoms with E-state index in [2.05, 4.69) is 9.82 Å². The molecule has 2 rings (SSSR count). The van der Waals surface area contributed by atoms with Gasteiger partial charge in [-0.3, -0.25) is 9.40 Å². The van der Waals surface area contributed by atoms with Gasteiger partial charge in [0.15, 0.2) is 0 Å². The Bertz CT molecular complexity index is 814. The minimum Gasteiger partial charge on any atom is -0.478 e. The van der Waals surface area contributed by atoms with E-state index in [1.807, 2.05) is 0 Å². The van der Waals surface area contributed by atoms with Gasteiger partial charge in [0.2, 0.25) is 0 Å². The molecule has 1 aromatic heterocycles. The predicted octanol–water partition coefficient (Wildman–Crippen LogP) is 1.37. The van der Waals surface area contributed by atoms with Gasteiger partial charge in [0.05, 0.1) is 16.9 Å². The number of nitrogens with zero attached hydrogens (tertiary/aromatic N) is 2. The van der Waals surface area contributed by atoms with Gasteiger partial charge >= 0.3 is 5.97 Å². The molecule has 0 radical (unpaired) electrons. The first-order chi connectivity index (χ1) is 9.70. The topological polar surface area (TPSA) is 101 Å². The molecule has 0 aliphatic heterocycles. The van der Waals surface area contributed by atoms with E-state index in [4.69, 9.17) is 5.11 Å². The summed E-state index contributed by atoms with van der Waals surface area (Å²) in [5.41, 5.74) is 0.326. The molecule has 112 valence electrons. The number of hydrogen-bond acceptors (Lipinski definition) is 4. The molecule has 0 aliphatic rings. The van der Waals surface area contributed by atoms with Crippen LogP contribution in [0.2, 0.25) is 0 Å². The standard InChI is InChI=1S/C12H12FN3O4S/c1-7-10(6-16(2)14-7)15-21(19,20)11-4-3-8(12(17)18)5-9(11)13/h3-6,15H,1-2H3,(H,17,18). The largest absolute Gasteiger partial charge is 0.478 e. The van der Waals surface area contributed by atoms with Crippen molar-refractivity contribution >= 4 is 21.7 Å². The maximum Gasteiger partial charge on any atom is 0.335 e. The van der Waals surface area contributed by atoms with Crippen LogP contribution in [0.4, 0.5) is 10.1 Å². The number of halogens is 1. The molecule has 0 aliphatic carbocycles. The third-order valence-electron chi connectivity index (χ3n) is 2.73. The van der Waals surface area contributed by atoms with Crippen LogP contribution in [0.5, 0.6) is 0 Å². The molecule has 1 aromatic carbocycles. The average Bonchev–Trinajstić information content (AvgIpc) is 2.66. The molecule has 1 heterocycles. The number of carboxylic acid groups (broad SMARTS) is 1. The summed E-state index contributed by atoms with van der Waals surface area (Å²) in [5, 5.41) is 12.7. The van der Waals surface area contributed by atoms with Gasteiger partial charge in [0.25, 0.3) is 10.0 Å². The van der Waals surface area contributed by atoms with E-state index >= 15 is 0 Å². The van der Waals surface area contributed by atoms with Crippen molar-refractivity contribution in [2.75, 3.05) is 4.72 Å². The summed E-state index contributed by atoms with van der Waals surface area (Å²) in [4.78, 5) is 10.1. The first-order valence-corrected chi connectivity index (χ1v) is 7.25. The Kier molecular flexibility index (Phi) is 3.69. The lowest BCUT2D eigenvalue weighted by molar-refractivity contribution is 0.0696. The molecule has 7 nitrogen and oxygen atoms in total. The van der Waals surface area contributed by atoms with Crippen LogP contribution < -0.4 is 4.72 Å². The van der Waals surface area contributed by atoms with Gasteiger partial charge in [-0.1, -0.05) is 0 Å². The number of carboxylic acids is 1. The summed E-state index contributed by atoms with van der Waals surface area (Å²) in [6.45, 7) is 1.60. The molecule has 2 aromatic rings. The molecule has 2 N–H and O–H groups in total. The molecule has 0 saturated carbocycles. The van der Waals surface area contributed by atoms with Crippen LogP contribution in [0.1, 0.15) is 16.1 Å². The lowest BCUT2D eigenvalue weighted by Crippen LogP contribution is -2.15. The van der Waals surface area contributed by atoms with Crippen LogP contribution in [0.15, 0.2) is 29.3 Å². The molecule has 9 heteroatoms. The normalized spacial score (nSPS) is 11.4. The quantitative estimate of drug-likeness (QED) is 0.887. The molecular formula is C12H12FN3O4S. The van der Waals surface area contributed by atoms with Gasteiger partial charge in [-0.05, 0) is 25.1 Å². The van der Waals surface area contributed by atoms with Crippen molar-refractivity contribution in [2.45, 2.75) is 11.8 Å². The molecule has 21 heavy (non-hydrogen) atoms. The predicted molar refractivity (Wildman–Crippen MR) is 72.1 cm³/mol. The summed E-state index contributed by atoms with van der Waals surface area (Å²) < 4.78 is 41.7. The molecule has 0 bridgehead atoms. The highest BCUT2D eigenvalue weighted by molar-refractivity contribution is 7.92.